The molecule has 0 radical (unpaired) electrons. The second-order valence-electron chi connectivity index (χ2n) is 7.65. The summed E-state index contributed by atoms with van der Waals surface area (Å²) in [5.41, 5.74) is 1.94. The predicted octanol–water partition coefficient (Wildman–Crippen LogP) is 6.95. The van der Waals surface area contributed by atoms with Crippen LogP contribution in [0.15, 0.2) is 83.1 Å². The lowest BCUT2D eigenvalue weighted by Crippen LogP contribution is -2.17. The first kappa shape index (κ1) is 26.7. The summed E-state index contributed by atoms with van der Waals surface area (Å²) < 4.78 is 33.6. The Bertz CT molecular complexity index is 1550. The molecule has 0 atom stereocenters. The van der Waals surface area contributed by atoms with E-state index in [1.165, 1.54) is 42.5 Å². The lowest BCUT2D eigenvalue weighted by molar-refractivity contribution is 0.0529. The molecule has 0 bridgehead atoms. The number of thiophene rings is 1. The molecular formula is C26H20Cl2N2O5S2. The summed E-state index contributed by atoms with van der Waals surface area (Å²) >= 11 is 13.2. The van der Waals surface area contributed by atoms with E-state index in [0.717, 1.165) is 16.9 Å². The third kappa shape index (κ3) is 6.14. The zero-order valence-corrected chi connectivity index (χ0v) is 22.5. The van der Waals surface area contributed by atoms with Crippen LogP contribution in [0, 0.1) is 0 Å². The zero-order chi connectivity index (χ0) is 26.6. The smallest absolute Gasteiger partial charge is 0.341 e. The summed E-state index contributed by atoms with van der Waals surface area (Å²) in [6.45, 7) is 1.85. The van der Waals surface area contributed by atoms with Gasteiger partial charge in [-0.3, -0.25) is 9.52 Å². The summed E-state index contributed by atoms with van der Waals surface area (Å²) in [7, 11) is -4.12. The Morgan fingerprint density at radius 3 is 2.35 bits per heavy atom. The number of ether oxygens (including phenoxy) is 1. The Labute approximate surface area is 228 Å². The SMILES string of the molecule is CCOC(=O)c1c(-c2ccccc2)csc1NC(=O)c1ccc(Cl)c(S(=O)(=O)Nc2ccc(Cl)cc2)c1. The second-order valence-corrected chi connectivity index (χ2v) is 11.0. The first-order chi connectivity index (χ1) is 17.7. The van der Waals surface area contributed by atoms with Crippen molar-refractivity contribution in [3.63, 3.8) is 0 Å². The molecule has 2 N–H and O–H groups in total. The number of halogens is 2. The molecule has 7 nitrogen and oxygen atoms in total. The Morgan fingerprint density at radius 2 is 1.68 bits per heavy atom. The van der Waals surface area contributed by atoms with E-state index in [1.807, 2.05) is 30.3 Å². The molecule has 11 heteroatoms. The number of benzene rings is 3. The molecule has 0 aliphatic carbocycles. The number of nitrogens with one attached hydrogen (secondary N) is 2. The standard InChI is InChI=1S/C26H20Cl2N2O5S2/c1-2-35-26(32)23-20(16-6-4-3-5-7-16)15-36-25(23)29-24(31)17-8-13-21(28)22(14-17)37(33,34)30-19-11-9-18(27)10-12-19/h3-15,30H,2H2,1H3,(H,29,31). The lowest BCUT2D eigenvalue weighted by Gasteiger charge is -2.12. The van der Waals surface area contributed by atoms with Crippen LogP contribution in [0.2, 0.25) is 10.0 Å². The van der Waals surface area contributed by atoms with Crippen molar-refractivity contribution in [2.24, 2.45) is 0 Å². The molecule has 0 unspecified atom stereocenters. The molecule has 37 heavy (non-hydrogen) atoms. The summed E-state index contributed by atoms with van der Waals surface area (Å²) in [5.74, 6) is -1.20. The van der Waals surface area contributed by atoms with E-state index >= 15 is 0 Å². The molecule has 0 aliphatic heterocycles. The Balaban J connectivity index is 1.65. The fourth-order valence-corrected chi connectivity index (χ4v) is 6.10. The molecule has 1 amide bonds. The summed E-state index contributed by atoms with van der Waals surface area (Å²) in [6.07, 6.45) is 0. The van der Waals surface area contributed by atoms with Gasteiger partial charge in [-0.2, -0.15) is 0 Å². The largest absolute Gasteiger partial charge is 0.462 e. The molecule has 1 heterocycles. The van der Waals surface area contributed by atoms with Gasteiger partial charge in [0.25, 0.3) is 15.9 Å². The minimum absolute atomic E-state index is 0.0327. The maximum Gasteiger partial charge on any atom is 0.341 e. The minimum Gasteiger partial charge on any atom is -0.462 e. The fraction of sp³-hybridized carbons (Fsp3) is 0.0769. The molecule has 4 aromatic rings. The van der Waals surface area contributed by atoms with E-state index in [0.29, 0.717) is 10.6 Å². The van der Waals surface area contributed by atoms with Crippen LogP contribution in [0.5, 0.6) is 0 Å². The average Bonchev–Trinajstić information content (AvgIpc) is 3.29. The van der Waals surface area contributed by atoms with Crippen molar-refractivity contribution in [1.82, 2.24) is 0 Å². The van der Waals surface area contributed by atoms with E-state index < -0.39 is 21.9 Å². The van der Waals surface area contributed by atoms with Gasteiger partial charge in [0.2, 0.25) is 0 Å². The highest BCUT2D eigenvalue weighted by atomic mass is 35.5. The highest BCUT2D eigenvalue weighted by Gasteiger charge is 2.25. The number of sulfonamides is 1. The highest BCUT2D eigenvalue weighted by Crippen LogP contribution is 2.36. The van der Waals surface area contributed by atoms with E-state index in [4.69, 9.17) is 27.9 Å². The number of carbonyl (C=O) groups excluding carboxylic acids is 2. The van der Waals surface area contributed by atoms with Crippen molar-refractivity contribution in [2.75, 3.05) is 16.6 Å². The molecule has 0 saturated heterocycles. The Kier molecular flexibility index (Phi) is 8.19. The number of hydrogen-bond donors (Lipinski definition) is 2. The normalized spacial score (nSPS) is 11.1. The molecule has 1 aromatic heterocycles. The third-order valence-corrected chi connectivity index (χ3v) is 8.17. The minimum atomic E-state index is -4.12. The maximum atomic E-state index is 13.1. The maximum absolute atomic E-state index is 13.1. The summed E-state index contributed by atoms with van der Waals surface area (Å²) in [5, 5.41) is 5.14. The van der Waals surface area contributed by atoms with Crippen LogP contribution in [-0.2, 0) is 14.8 Å². The fourth-order valence-electron chi connectivity index (χ4n) is 3.44. The number of anilines is 2. The molecular weight excluding hydrogens is 555 g/mol. The van der Waals surface area contributed by atoms with Crippen LogP contribution in [0.4, 0.5) is 10.7 Å². The quantitative estimate of drug-likeness (QED) is 0.222. The van der Waals surface area contributed by atoms with Gasteiger partial charge in [0.1, 0.15) is 15.5 Å². The second kappa shape index (κ2) is 11.4. The third-order valence-electron chi connectivity index (χ3n) is 5.16. The number of rotatable bonds is 8. The van der Waals surface area contributed by atoms with Gasteiger partial charge in [-0.1, -0.05) is 53.5 Å². The van der Waals surface area contributed by atoms with Crippen molar-refractivity contribution in [3.8, 4) is 11.1 Å². The molecule has 0 fully saturated rings. The molecule has 0 saturated carbocycles. The van der Waals surface area contributed by atoms with Crippen LogP contribution < -0.4 is 10.0 Å². The van der Waals surface area contributed by atoms with E-state index in [9.17, 15) is 18.0 Å². The van der Waals surface area contributed by atoms with Crippen LogP contribution in [-0.4, -0.2) is 26.9 Å². The van der Waals surface area contributed by atoms with Gasteiger partial charge in [0.15, 0.2) is 0 Å². The van der Waals surface area contributed by atoms with E-state index in [2.05, 4.69) is 10.0 Å². The van der Waals surface area contributed by atoms with E-state index in [-0.39, 0.29) is 38.3 Å². The van der Waals surface area contributed by atoms with Crippen molar-refractivity contribution < 1.29 is 22.7 Å². The Hall–Kier alpha value is -3.37. The van der Waals surface area contributed by atoms with Crippen LogP contribution in [0.1, 0.15) is 27.6 Å². The molecule has 3 aromatic carbocycles. The molecule has 4 rings (SSSR count). The highest BCUT2D eigenvalue weighted by molar-refractivity contribution is 7.92. The Morgan fingerprint density at radius 1 is 0.973 bits per heavy atom. The van der Waals surface area contributed by atoms with Crippen molar-refractivity contribution in [3.05, 3.63) is 99.3 Å². The van der Waals surface area contributed by atoms with Gasteiger partial charge < -0.3 is 10.1 Å². The van der Waals surface area contributed by atoms with Gasteiger partial charge in [-0.15, -0.1) is 11.3 Å². The first-order valence-electron chi connectivity index (χ1n) is 10.9. The lowest BCUT2D eigenvalue weighted by atomic mass is 10.0. The number of esters is 1. The van der Waals surface area contributed by atoms with Gasteiger partial charge in [0.05, 0.1) is 11.6 Å². The zero-order valence-electron chi connectivity index (χ0n) is 19.3. The van der Waals surface area contributed by atoms with Crippen molar-refractivity contribution in [2.45, 2.75) is 11.8 Å². The predicted molar refractivity (Wildman–Crippen MR) is 147 cm³/mol. The summed E-state index contributed by atoms with van der Waals surface area (Å²) in [4.78, 5) is 25.7. The van der Waals surface area contributed by atoms with Gasteiger partial charge >= 0.3 is 5.97 Å². The average molecular weight is 575 g/mol. The number of amides is 1. The van der Waals surface area contributed by atoms with Gasteiger partial charge in [-0.05, 0) is 55.0 Å². The molecule has 190 valence electrons. The first-order valence-corrected chi connectivity index (χ1v) is 14.0. The van der Waals surface area contributed by atoms with Crippen molar-refractivity contribution >= 4 is 67.1 Å². The van der Waals surface area contributed by atoms with E-state index in [1.54, 1.807) is 12.3 Å². The topological polar surface area (TPSA) is 102 Å². The monoisotopic (exact) mass is 574 g/mol. The van der Waals surface area contributed by atoms with Crippen LogP contribution in [0.3, 0.4) is 0 Å². The van der Waals surface area contributed by atoms with Crippen LogP contribution >= 0.6 is 34.5 Å². The van der Waals surface area contributed by atoms with Crippen LogP contribution in [0.25, 0.3) is 11.1 Å². The molecule has 0 aliphatic rings. The number of hydrogen-bond acceptors (Lipinski definition) is 6. The van der Waals surface area contributed by atoms with Crippen molar-refractivity contribution in [1.29, 1.82) is 0 Å². The van der Waals surface area contributed by atoms with Gasteiger partial charge in [-0.25, -0.2) is 13.2 Å². The molecule has 0 spiro atoms. The van der Waals surface area contributed by atoms with Gasteiger partial charge in [0, 0.05) is 27.2 Å². The summed E-state index contributed by atoms with van der Waals surface area (Å²) in [6, 6.07) is 19.2. The number of carbonyl (C=O) groups is 2.